The molecule has 3 nitrogen and oxygen atoms in total. The zero-order valence-electron chi connectivity index (χ0n) is 9.37. The largest absolute Gasteiger partial charge is 0.367 e. The summed E-state index contributed by atoms with van der Waals surface area (Å²) in [5.74, 6) is 0.810. The van der Waals surface area contributed by atoms with Crippen LogP contribution in [-0.2, 0) is 0 Å². The van der Waals surface area contributed by atoms with Gasteiger partial charge in [-0.05, 0) is 31.2 Å². The van der Waals surface area contributed by atoms with Crippen LogP contribution in [0.3, 0.4) is 0 Å². The molecule has 0 spiro atoms. The fraction of sp³-hybridized carbons (Fsp3) is 0.636. The molecular formula is C11H16ClN3S. The van der Waals surface area contributed by atoms with Crippen LogP contribution in [-0.4, -0.2) is 27.7 Å². The number of aromatic nitrogens is 2. The summed E-state index contributed by atoms with van der Waals surface area (Å²) in [7, 11) is 0. The Morgan fingerprint density at radius 2 is 2.12 bits per heavy atom. The molecule has 0 unspecified atom stereocenters. The van der Waals surface area contributed by atoms with Gasteiger partial charge in [-0.25, -0.2) is 0 Å². The van der Waals surface area contributed by atoms with E-state index in [1.165, 1.54) is 25.7 Å². The first-order valence-corrected chi connectivity index (χ1v) is 7.13. The van der Waals surface area contributed by atoms with Gasteiger partial charge in [0.05, 0.1) is 0 Å². The van der Waals surface area contributed by atoms with Crippen molar-refractivity contribution in [1.29, 1.82) is 0 Å². The quantitative estimate of drug-likeness (QED) is 0.899. The number of hydrogen-bond acceptors (Lipinski definition) is 4. The van der Waals surface area contributed by atoms with Gasteiger partial charge in [0.15, 0.2) is 5.15 Å². The van der Waals surface area contributed by atoms with Gasteiger partial charge in [0, 0.05) is 11.3 Å². The Morgan fingerprint density at radius 3 is 2.69 bits per heavy atom. The van der Waals surface area contributed by atoms with Crippen LogP contribution in [0.15, 0.2) is 12.1 Å². The van der Waals surface area contributed by atoms with E-state index in [4.69, 9.17) is 11.6 Å². The smallest absolute Gasteiger partial charge is 0.151 e. The Balaban J connectivity index is 1.93. The lowest BCUT2D eigenvalue weighted by atomic mass is 10.1. The Bertz CT molecular complexity index is 336. The van der Waals surface area contributed by atoms with E-state index in [0.717, 1.165) is 12.4 Å². The first-order chi connectivity index (χ1) is 7.74. The molecule has 0 aromatic carbocycles. The molecule has 1 saturated carbocycles. The van der Waals surface area contributed by atoms with Crippen molar-refractivity contribution in [2.45, 2.75) is 30.4 Å². The molecule has 0 radical (unpaired) electrons. The molecule has 0 saturated heterocycles. The second kappa shape index (κ2) is 5.23. The van der Waals surface area contributed by atoms with Gasteiger partial charge < -0.3 is 5.32 Å². The normalized spacial score (nSPS) is 18.6. The van der Waals surface area contributed by atoms with Gasteiger partial charge >= 0.3 is 0 Å². The van der Waals surface area contributed by atoms with Crippen molar-refractivity contribution in [3.8, 4) is 0 Å². The van der Waals surface area contributed by atoms with Crippen molar-refractivity contribution >= 4 is 29.2 Å². The molecule has 0 bridgehead atoms. The molecule has 1 aromatic heterocycles. The third-order valence-corrected chi connectivity index (χ3v) is 4.79. The van der Waals surface area contributed by atoms with Crippen molar-refractivity contribution in [2.24, 2.45) is 0 Å². The zero-order chi connectivity index (χ0) is 11.4. The molecule has 16 heavy (non-hydrogen) atoms. The lowest BCUT2D eigenvalue weighted by molar-refractivity contribution is 0.638. The highest BCUT2D eigenvalue weighted by atomic mass is 35.5. The average molecular weight is 258 g/mol. The molecule has 0 amide bonds. The summed E-state index contributed by atoms with van der Waals surface area (Å²) < 4.78 is 0.390. The van der Waals surface area contributed by atoms with Gasteiger partial charge in [0.2, 0.25) is 0 Å². The van der Waals surface area contributed by atoms with E-state index in [0.29, 0.717) is 9.90 Å². The maximum Gasteiger partial charge on any atom is 0.151 e. The zero-order valence-corrected chi connectivity index (χ0v) is 10.9. The van der Waals surface area contributed by atoms with Crippen LogP contribution >= 0.6 is 23.4 Å². The molecule has 88 valence electrons. The van der Waals surface area contributed by atoms with Gasteiger partial charge in [-0.15, -0.1) is 10.2 Å². The Morgan fingerprint density at radius 1 is 1.38 bits per heavy atom. The molecule has 1 aliphatic rings. The second-order valence-corrected chi connectivity index (χ2v) is 5.85. The topological polar surface area (TPSA) is 37.8 Å². The van der Waals surface area contributed by atoms with Crippen LogP contribution in [0, 0.1) is 0 Å². The Hall–Kier alpha value is -0.480. The first-order valence-electron chi connectivity index (χ1n) is 5.52. The van der Waals surface area contributed by atoms with Gasteiger partial charge in [-0.2, -0.15) is 11.8 Å². The number of thioether (sulfide) groups is 1. The number of rotatable bonds is 4. The van der Waals surface area contributed by atoms with Crippen molar-refractivity contribution in [3.63, 3.8) is 0 Å². The maximum absolute atomic E-state index is 5.69. The lowest BCUT2D eigenvalue weighted by Crippen LogP contribution is -2.30. The van der Waals surface area contributed by atoms with Crippen LogP contribution in [0.5, 0.6) is 0 Å². The fourth-order valence-corrected chi connectivity index (χ4v) is 3.15. The molecule has 0 atom stereocenters. The van der Waals surface area contributed by atoms with Crippen LogP contribution in [0.1, 0.15) is 25.7 Å². The minimum Gasteiger partial charge on any atom is -0.367 e. The molecule has 1 aliphatic carbocycles. The van der Waals surface area contributed by atoms with E-state index in [1.807, 2.05) is 17.8 Å². The third-order valence-electron chi connectivity index (χ3n) is 3.17. The Labute approximate surface area is 105 Å². The molecule has 0 aliphatic heterocycles. The van der Waals surface area contributed by atoms with E-state index in [9.17, 15) is 0 Å². The number of halogens is 1. The van der Waals surface area contributed by atoms with E-state index < -0.39 is 0 Å². The minimum absolute atomic E-state index is 0.390. The summed E-state index contributed by atoms with van der Waals surface area (Å²) in [6.07, 6.45) is 7.47. The Kier molecular flexibility index (Phi) is 3.92. The monoisotopic (exact) mass is 257 g/mol. The summed E-state index contributed by atoms with van der Waals surface area (Å²) in [5, 5.41) is 11.6. The van der Waals surface area contributed by atoms with Crippen LogP contribution in [0.2, 0.25) is 5.15 Å². The average Bonchev–Trinajstić information content (AvgIpc) is 2.78. The van der Waals surface area contributed by atoms with E-state index in [2.05, 4.69) is 21.8 Å². The number of hydrogen-bond donors (Lipinski definition) is 1. The first kappa shape index (κ1) is 12.0. The van der Waals surface area contributed by atoms with E-state index in [-0.39, 0.29) is 0 Å². The van der Waals surface area contributed by atoms with Crippen LogP contribution in [0.25, 0.3) is 0 Å². The van der Waals surface area contributed by atoms with Crippen molar-refractivity contribution in [2.75, 3.05) is 18.1 Å². The molecule has 2 rings (SSSR count). The third kappa shape index (κ3) is 2.80. The molecule has 1 fully saturated rings. The predicted octanol–water partition coefficient (Wildman–Crippen LogP) is 3.22. The second-order valence-electron chi connectivity index (χ2n) is 4.19. The van der Waals surface area contributed by atoms with Gasteiger partial charge in [-0.3, -0.25) is 0 Å². The van der Waals surface area contributed by atoms with Gasteiger partial charge in [0.1, 0.15) is 5.82 Å². The highest BCUT2D eigenvalue weighted by Crippen LogP contribution is 2.40. The summed E-state index contributed by atoms with van der Waals surface area (Å²) in [4.78, 5) is 0. The standard InChI is InChI=1S/C11H16ClN3S/c1-16-11(6-2-3-7-11)8-13-10-5-4-9(12)14-15-10/h4-5H,2-3,6-8H2,1H3,(H,13,15). The highest BCUT2D eigenvalue weighted by molar-refractivity contribution is 8.00. The van der Waals surface area contributed by atoms with E-state index >= 15 is 0 Å². The molecule has 1 N–H and O–H groups in total. The van der Waals surface area contributed by atoms with E-state index in [1.54, 1.807) is 6.07 Å². The van der Waals surface area contributed by atoms with Crippen molar-refractivity contribution in [3.05, 3.63) is 17.3 Å². The SMILES string of the molecule is CSC1(CNc2ccc(Cl)nn2)CCCC1. The van der Waals surface area contributed by atoms with Crippen LogP contribution < -0.4 is 5.32 Å². The summed E-state index contributed by atoms with van der Waals surface area (Å²) >= 11 is 7.65. The van der Waals surface area contributed by atoms with Crippen molar-refractivity contribution in [1.82, 2.24) is 10.2 Å². The molecule has 1 aromatic rings. The lowest BCUT2D eigenvalue weighted by Gasteiger charge is -2.26. The maximum atomic E-state index is 5.69. The van der Waals surface area contributed by atoms with Gasteiger partial charge in [0.25, 0.3) is 0 Å². The molecule has 5 heteroatoms. The predicted molar refractivity (Wildman–Crippen MR) is 70.2 cm³/mol. The number of anilines is 1. The molecule has 1 heterocycles. The highest BCUT2D eigenvalue weighted by Gasteiger charge is 2.32. The molecular weight excluding hydrogens is 242 g/mol. The summed E-state index contributed by atoms with van der Waals surface area (Å²) in [6, 6.07) is 3.63. The van der Waals surface area contributed by atoms with Crippen molar-refractivity contribution < 1.29 is 0 Å². The fourth-order valence-electron chi connectivity index (χ4n) is 2.13. The minimum atomic E-state index is 0.390. The van der Waals surface area contributed by atoms with Crippen LogP contribution in [0.4, 0.5) is 5.82 Å². The van der Waals surface area contributed by atoms with Gasteiger partial charge in [-0.1, -0.05) is 24.4 Å². The number of nitrogens with zero attached hydrogens (tertiary/aromatic N) is 2. The summed E-state index contributed by atoms with van der Waals surface area (Å²) in [5.41, 5.74) is 0. The summed E-state index contributed by atoms with van der Waals surface area (Å²) in [6.45, 7) is 0.963. The number of nitrogens with one attached hydrogen (secondary N) is 1.